The summed E-state index contributed by atoms with van der Waals surface area (Å²) in [6, 6.07) is 20.4. The quantitative estimate of drug-likeness (QED) is 0.205. The predicted octanol–water partition coefficient (Wildman–Crippen LogP) is 6.99. The summed E-state index contributed by atoms with van der Waals surface area (Å²) in [7, 11) is 1.55. The molecule has 1 aliphatic heterocycles. The van der Waals surface area contributed by atoms with Gasteiger partial charge in [-0.2, -0.15) is 26.3 Å². The van der Waals surface area contributed by atoms with E-state index in [9.17, 15) is 41.0 Å². The van der Waals surface area contributed by atoms with Crippen molar-refractivity contribution in [1.82, 2.24) is 10.2 Å². The highest BCUT2D eigenvalue weighted by atomic mass is 19.4. The minimum absolute atomic E-state index is 0.331. The number of carboxylic acids is 1. The summed E-state index contributed by atoms with van der Waals surface area (Å²) in [5.41, 5.74) is -0.937. The number of rotatable bonds is 8. The Bertz CT molecular complexity index is 1730. The van der Waals surface area contributed by atoms with E-state index >= 15 is 0 Å². The molecule has 4 aromatic rings. The molecule has 5 rings (SSSR count). The molecule has 0 aliphatic carbocycles. The monoisotopic (exact) mass is 632 g/mol. The Morgan fingerprint density at radius 1 is 0.889 bits per heavy atom. The summed E-state index contributed by atoms with van der Waals surface area (Å²) in [6.07, 6.45) is -11.9. The molecular formula is C33H30F6N2O4. The molecule has 0 bridgehead atoms. The fourth-order valence-electron chi connectivity index (χ4n) is 6.17. The number of fused-ring (bicyclic) bond motifs is 2. The molecule has 1 aliphatic rings. The molecule has 0 radical (unpaired) electrons. The van der Waals surface area contributed by atoms with Gasteiger partial charge >= 0.3 is 18.3 Å². The zero-order valence-corrected chi connectivity index (χ0v) is 24.1. The smallest absolute Gasteiger partial charge is 0.403 e. The van der Waals surface area contributed by atoms with E-state index in [1.165, 1.54) is 0 Å². The first-order valence-corrected chi connectivity index (χ1v) is 14.2. The van der Waals surface area contributed by atoms with Crippen molar-refractivity contribution in [3.8, 4) is 16.9 Å². The first kappa shape index (κ1) is 32.1. The van der Waals surface area contributed by atoms with Crippen LogP contribution in [-0.2, 0) is 16.0 Å². The van der Waals surface area contributed by atoms with Crippen LogP contribution in [0.15, 0.2) is 72.8 Å². The van der Waals surface area contributed by atoms with E-state index in [-0.39, 0.29) is 6.42 Å². The van der Waals surface area contributed by atoms with Crippen molar-refractivity contribution < 1.29 is 45.8 Å². The first-order chi connectivity index (χ1) is 21.2. The number of nitrogens with one attached hydrogen (secondary N) is 1. The minimum Gasteiger partial charge on any atom is -0.496 e. The second-order valence-electron chi connectivity index (χ2n) is 11.2. The largest absolute Gasteiger partial charge is 0.496 e. The highest BCUT2D eigenvalue weighted by Crippen LogP contribution is 2.47. The number of carboxylic acid groups (broad SMARTS) is 1. The Morgan fingerprint density at radius 2 is 1.53 bits per heavy atom. The van der Waals surface area contributed by atoms with Gasteiger partial charge in [0, 0.05) is 12.0 Å². The van der Waals surface area contributed by atoms with Crippen molar-refractivity contribution in [2.45, 2.75) is 37.7 Å². The number of likely N-dealkylation sites (tertiary alicyclic amines) is 1. The van der Waals surface area contributed by atoms with E-state index in [0.717, 1.165) is 32.2 Å². The molecule has 0 unspecified atom stereocenters. The second-order valence-corrected chi connectivity index (χ2v) is 11.2. The van der Waals surface area contributed by atoms with Crippen molar-refractivity contribution in [1.29, 1.82) is 0 Å². The van der Waals surface area contributed by atoms with Crippen molar-refractivity contribution in [2.75, 3.05) is 26.7 Å². The van der Waals surface area contributed by atoms with Gasteiger partial charge in [0.2, 0.25) is 5.91 Å². The molecule has 0 saturated carbocycles. The number of benzene rings is 4. The van der Waals surface area contributed by atoms with Crippen molar-refractivity contribution in [3.05, 3.63) is 78.4 Å². The number of halogens is 6. The van der Waals surface area contributed by atoms with Crippen LogP contribution in [0.1, 0.15) is 18.4 Å². The number of ether oxygens (including phenoxy) is 1. The fraction of sp³-hybridized carbons (Fsp3) is 0.333. The number of aliphatic carboxylic acids is 1. The van der Waals surface area contributed by atoms with Crippen molar-refractivity contribution in [2.24, 2.45) is 5.41 Å². The van der Waals surface area contributed by atoms with Crippen LogP contribution in [0.5, 0.6) is 5.75 Å². The van der Waals surface area contributed by atoms with Crippen LogP contribution in [0.2, 0.25) is 0 Å². The third-order valence-electron chi connectivity index (χ3n) is 8.51. The van der Waals surface area contributed by atoms with Crippen LogP contribution in [-0.4, -0.2) is 67.0 Å². The summed E-state index contributed by atoms with van der Waals surface area (Å²) in [5, 5.41) is 15.3. The standard InChI is InChI=1S/C33H30F6N2O4/c1-45-27-13-12-20-6-2-3-8-23(20)28(27)25-11-5-9-22-21(7-4-10-24(22)25)18-26(29(42)43)40-30(44)31(33(37,38)39)14-16-41(17-15-31)19-32(34,35)36/h2-13,26H,14-19H2,1H3,(H,40,44)(H,42,43)/t26-/m0/s1. The summed E-state index contributed by atoms with van der Waals surface area (Å²) in [5.74, 6) is -2.49. The van der Waals surface area contributed by atoms with Gasteiger partial charge < -0.3 is 15.2 Å². The molecule has 1 heterocycles. The molecule has 12 heteroatoms. The topological polar surface area (TPSA) is 78.9 Å². The van der Waals surface area contributed by atoms with E-state index in [1.54, 1.807) is 31.4 Å². The zero-order valence-electron chi connectivity index (χ0n) is 24.1. The maximum atomic E-state index is 14.3. The molecule has 1 fully saturated rings. The summed E-state index contributed by atoms with van der Waals surface area (Å²) >= 11 is 0. The molecule has 2 N–H and O–H groups in total. The van der Waals surface area contributed by atoms with Gasteiger partial charge in [0.05, 0.1) is 13.7 Å². The zero-order chi connectivity index (χ0) is 32.6. The SMILES string of the molecule is COc1ccc2ccccc2c1-c1cccc2c(C[C@H](NC(=O)C3(C(F)(F)F)CCN(CC(F)(F)F)CC3)C(=O)O)cccc12. The maximum Gasteiger partial charge on any atom is 0.403 e. The van der Waals surface area contributed by atoms with Crippen molar-refractivity contribution in [3.63, 3.8) is 0 Å². The van der Waals surface area contributed by atoms with Crippen molar-refractivity contribution >= 4 is 33.4 Å². The molecule has 0 aromatic heterocycles. The Labute approximate surface area is 254 Å². The fourth-order valence-corrected chi connectivity index (χ4v) is 6.17. The summed E-state index contributed by atoms with van der Waals surface area (Å²) in [4.78, 5) is 26.3. The third-order valence-corrected chi connectivity index (χ3v) is 8.51. The van der Waals surface area contributed by atoms with E-state index in [1.807, 2.05) is 48.5 Å². The van der Waals surface area contributed by atoms with Gasteiger partial charge in [-0.15, -0.1) is 0 Å². The lowest BCUT2D eigenvalue weighted by molar-refractivity contribution is -0.236. The second kappa shape index (κ2) is 12.2. The summed E-state index contributed by atoms with van der Waals surface area (Å²) in [6.45, 7) is -2.63. The van der Waals surface area contributed by atoms with Crippen LogP contribution in [0.25, 0.3) is 32.7 Å². The molecule has 4 aromatic carbocycles. The Balaban J connectivity index is 1.47. The molecule has 45 heavy (non-hydrogen) atoms. The number of hydrogen-bond acceptors (Lipinski definition) is 4. The number of hydrogen-bond donors (Lipinski definition) is 2. The highest BCUT2D eigenvalue weighted by molar-refractivity contribution is 6.08. The van der Waals surface area contributed by atoms with E-state index < -0.39 is 68.2 Å². The molecule has 1 atom stereocenters. The Hall–Kier alpha value is -4.32. The van der Waals surface area contributed by atoms with Gasteiger partial charge in [-0.3, -0.25) is 9.69 Å². The number of carbonyl (C=O) groups is 2. The van der Waals surface area contributed by atoms with Gasteiger partial charge in [0.1, 0.15) is 17.2 Å². The minimum atomic E-state index is -5.10. The lowest BCUT2D eigenvalue weighted by atomic mass is 9.76. The Kier molecular flexibility index (Phi) is 8.72. The van der Waals surface area contributed by atoms with E-state index in [0.29, 0.717) is 16.7 Å². The average Bonchev–Trinajstić information content (AvgIpc) is 2.99. The lowest BCUT2D eigenvalue weighted by Crippen LogP contribution is -2.59. The van der Waals surface area contributed by atoms with Gasteiger partial charge in [-0.05, 0) is 64.7 Å². The average molecular weight is 633 g/mol. The maximum absolute atomic E-state index is 14.3. The van der Waals surface area contributed by atoms with Crippen LogP contribution < -0.4 is 10.1 Å². The predicted molar refractivity (Wildman–Crippen MR) is 157 cm³/mol. The number of carbonyl (C=O) groups excluding carboxylic acids is 1. The first-order valence-electron chi connectivity index (χ1n) is 14.2. The number of amides is 1. The van der Waals surface area contributed by atoms with Crippen LogP contribution >= 0.6 is 0 Å². The lowest BCUT2D eigenvalue weighted by Gasteiger charge is -2.42. The molecule has 238 valence electrons. The highest BCUT2D eigenvalue weighted by Gasteiger charge is 2.61. The van der Waals surface area contributed by atoms with E-state index in [4.69, 9.17) is 4.74 Å². The molecule has 1 amide bonds. The third kappa shape index (κ3) is 6.42. The number of alkyl halides is 6. The van der Waals surface area contributed by atoms with Gasteiger partial charge in [-0.25, -0.2) is 4.79 Å². The molecule has 1 saturated heterocycles. The molecular weight excluding hydrogens is 602 g/mol. The normalized spacial score (nSPS) is 16.4. The molecule has 6 nitrogen and oxygen atoms in total. The molecule has 0 spiro atoms. The van der Waals surface area contributed by atoms with E-state index in [2.05, 4.69) is 5.32 Å². The van der Waals surface area contributed by atoms with Crippen LogP contribution in [0, 0.1) is 5.41 Å². The number of nitrogens with zero attached hydrogens (tertiary/aromatic N) is 1. The van der Waals surface area contributed by atoms with Crippen LogP contribution in [0.4, 0.5) is 26.3 Å². The Morgan fingerprint density at radius 3 is 2.18 bits per heavy atom. The van der Waals surface area contributed by atoms with Crippen LogP contribution in [0.3, 0.4) is 0 Å². The van der Waals surface area contributed by atoms with Gasteiger partial charge in [0.15, 0.2) is 0 Å². The summed E-state index contributed by atoms with van der Waals surface area (Å²) < 4.78 is 87.1. The number of methoxy groups -OCH3 is 1. The van der Waals surface area contributed by atoms with Gasteiger partial charge in [0.25, 0.3) is 0 Å². The number of piperidine rings is 1. The van der Waals surface area contributed by atoms with Gasteiger partial charge in [-0.1, -0.05) is 66.7 Å².